The van der Waals surface area contributed by atoms with Crippen LogP contribution in [0.1, 0.15) is 39.0 Å². The lowest BCUT2D eigenvalue weighted by Gasteiger charge is -2.21. The Bertz CT molecular complexity index is 354. The molecule has 1 aliphatic carbocycles. The van der Waals surface area contributed by atoms with E-state index in [2.05, 4.69) is 5.10 Å². The normalized spacial score (nSPS) is 17.3. The molecule has 0 radical (unpaired) electrons. The van der Waals surface area contributed by atoms with Crippen molar-refractivity contribution in [2.24, 2.45) is 0 Å². The van der Waals surface area contributed by atoms with Gasteiger partial charge in [0.15, 0.2) is 11.5 Å². The molecule has 2 rings (SSSR count). The summed E-state index contributed by atoms with van der Waals surface area (Å²) in [7, 11) is 0. The van der Waals surface area contributed by atoms with Gasteiger partial charge in [0.1, 0.15) is 0 Å². The molecule has 0 bridgehead atoms. The second-order valence-electron chi connectivity index (χ2n) is 4.45. The van der Waals surface area contributed by atoms with Crippen LogP contribution in [0.3, 0.4) is 0 Å². The fourth-order valence-electron chi connectivity index (χ4n) is 2.10. The Morgan fingerprint density at radius 1 is 1.50 bits per heavy atom. The van der Waals surface area contributed by atoms with E-state index in [0.717, 1.165) is 18.6 Å². The number of aromatic nitrogens is 2. The average Bonchev–Trinajstić information content (AvgIpc) is 2.66. The van der Waals surface area contributed by atoms with Crippen molar-refractivity contribution in [3.05, 3.63) is 12.4 Å². The van der Waals surface area contributed by atoms with E-state index in [0.29, 0.717) is 12.6 Å². The van der Waals surface area contributed by atoms with Crippen molar-refractivity contribution in [1.29, 1.82) is 0 Å². The summed E-state index contributed by atoms with van der Waals surface area (Å²) in [6, 6.07) is 0. The van der Waals surface area contributed by atoms with Crippen LogP contribution in [0.4, 0.5) is 0 Å². The van der Waals surface area contributed by atoms with Gasteiger partial charge in [0.05, 0.1) is 25.0 Å². The van der Waals surface area contributed by atoms with Crippen molar-refractivity contribution in [2.75, 3.05) is 0 Å². The van der Waals surface area contributed by atoms with Crippen LogP contribution in [0.25, 0.3) is 0 Å². The maximum absolute atomic E-state index is 10.9. The van der Waals surface area contributed by atoms with Crippen molar-refractivity contribution < 1.29 is 9.53 Å². The van der Waals surface area contributed by atoms with Crippen LogP contribution >= 0.6 is 0 Å². The molecule has 1 fully saturated rings. The third kappa shape index (κ3) is 3.08. The number of ketones is 1. The lowest BCUT2D eigenvalue weighted by molar-refractivity contribution is -0.117. The smallest absolute Gasteiger partial charge is 0.157 e. The highest BCUT2D eigenvalue weighted by Crippen LogP contribution is 2.22. The van der Waals surface area contributed by atoms with Gasteiger partial charge >= 0.3 is 0 Å². The summed E-state index contributed by atoms with van der Waals surface area (Å²) in [6.07, 6.45) is 9.94. The highest BCUT2D eigenvalue weighted by atomic mass is 16.5. The van der Waals surface area contributed by atoms with Gasteiger partial charge in [-0.1, -0.05) is 6.42 Å². The number of carbonyl (C=O) groups excluding carboxylic acids is 1. The minimum Gasteiger partial charge on any atom is -0.487 e. The molecule has 1 saturated carbocycles. The SMILES string of the molecule is CC(=O)Cn1cc(OC2CCCCC2)cn1. The van der Waals surface area contributed by atoms with E-state index in [1.807, 2.05) is 0 Å². The van der Waals surface area contributed by atoms with Gasteiger partial charge in [-0.2, -0.15) is 5.10 Å². The van der Waals surface area contributed by atoms with E-state index in [1.54, 1.807) is 24.0 Å². The standard InChI is InChI=1S/C12H18N2O2/c1-10(15)8-14-9-12(7-13-14)16-11-5-3-2-4-6-11/h7,9,11H,2-6,8H2,1H3. The van der Waals surface area contributed by atoms with Crippen molar-refractivity contribution in [2.45, 2.75) is 51.7 Å². The quantitative estimate of drug-likeness (QED) is 0.784. The number of rotatable bonds is 4. The highest BCUT2D eigenvalue weighted by Gasteiger charge is 2.15. The third-order valence-electron chi connectivity index (χ3n) is 2.85. The van der Waals surface area contributed by atoms with Gasteiger partial charge in [0.25, 0.3) is 0 Å². The molecule has 0 atom stereocenters. The van der Waals surface area contributed by atoms with Crippen LogP contribution < -0.4 is 4.74 Å². The fraction of sp³-hybridized carbons (Fsp3) is 0.667. The van der Waals surface area contributed by atoms with E-state index in [9.17, 15) is 4.79 Å². The lowest BCUT2D eigenvalue weighted by Crippen LogP contribution is -2.19. The van der Waals surface area contributed by atoms with Crippen molar-refractivity contribution in [3.8, 4) is 5.75 Å². The molecule has 0 spiro atoms. The molecule has 4 nitrogen and oxygen atoms in total. The largest absolute Gasteiger partial charge is 0.487 e. The Hall–Kier alpha value is -1.32. The Labute approximate surface area is 95.6 Å². The lowest BCUT2D eigenvalue weighted by atomic mass is 9.98. The number of ether oxygens (including phenoxy) is 1. The number of Topliss-reactive ketones (excluding diaryl/α,β-unsaturated/α-hetero) is 1. The third-order valence-corrected chi connectivity index (χ3v) is 2.85. The van der Waals surface area contributed by atoms with E-state index < -0.39 is 0 Å². The maximum Gasteiger partial charge on any atom is 0.157 e. The molecular formula is C12H18N2O2. The van der Waals surface area contributed by atoms with E-state index >= 15 is 0 Å². The minimum absolute atomic E-state index is 0.104. The topological polar surface area (TPSA) is 44.1 Å². The van der Waals surface area contributed by atoms with Gasteiger partial charge in [-0.15, -0.1) is 0 Å². The van der Waals surface area contributed by atoms with Crippen molar-refractivity contribution in [3.63, 3.8) is 0 Å². The van der Waals surface area contributed by atoms with Gasteiger partial charge in [-0.05, 0) is 32.6 Å². The number of hydrogen-bond acceptors (Lipinski definition) is 3. The summed E-state index contributed by atoms with van der Waals surface area (Å²) in [4.78, 5) is 10.9. The zero-order valence-corrected chi connectivity index (χ0v) is 9.69. The summed E-state index contributed by atoms with van der Waals surface area (Å²) in [5.74, 6) is 0.889. The van der Waals surface area contributed by atoms with Gasteiger partial charge in [0.2, 0.25) is 0 Å². The predicted molar refractivity (Wildman–Crippen MR) is 60.4 cm³/mol. The molecule has 0 saturated heterocycles. The Kier molecular flexibility index (Phi) is 3.59. The molecular weight excluding hydrogens is 204 g/mol. The summed E-state index contributed by atoms with van der Waals surface area (Å²) < 4.78 is 7.45. The van der Waals surface area contributed by atoms with Crippen LogP contribution in [-0.4, -0.2) is 21.7 Å². The summed E-state index contributed by atoms with van der Waals surface area (Å²) in [6.45, 7) is 1.89. The zero-order chi connectivity index (χ0) is 11.4. The number of hydrogen-bond donors (Lipinski definition) is 0. The first kappa shape index (κ1) is 11.2. The Morgan fingerprint density at radius 2 is 2.25 bits per heavy atom. The van der Waals surface area contributed by atoms with Gasteiger partial charge in [-0.3, -0.25) is 9.48 Å². The van der Waals surface area contributed by atoms with Crippen LogP contribution in [0.15, 0.2) is 12.4 Å². The molecule has 1 aromatic rings. The van der Waals surface area contributed by atoms with Crippen LogP contribution in [-0.2, 0) is 11.3 Å². The summed E-state index contributed by atoms with van der Waals surface area (Å²) >= 11 is 0. The Morgan fingerprint density at radius 3 is 2.94 bits per heavy atom. The first-order valence-electron chi connectivity index (χ1n) is 5.92. The average molecular weight is 222 g/mol. The first-order chi connectivity index (χ1) is 7.74. The fourth-order valence-corrected chi connectivity index (χ4v) is 2.10. The zero-order valence-electron chi connectivity index (χ0n) is 9.69. The predicted octanol–water partition coefficient (Wildman–Crippen LogP) is 2.18. The van der Waals surface area contributed by atoms with Crippen LogP contribution in [0.5, 0.6) is 5.75 Å². The van der Waals surface area contributed by atoms with E-state index in [4.69, 9.17) is 4.74 Å². The maximum atomic E-state index is 10.9. The van der Waals surface area contributed by atoms with Crippen molar-refractivity contribution in [1.82, 2.24) is 9.78 Å². The first-order valence-corrected chi connectivity index (χ1v) is 5.92. The molecule has 0 unspecified atom stereocenters. The Balaban J connectivity index is 1.88. The van der Waals surface area contributed by atoms with Crippen LogP contribution in [0, 0.1) is 0 Å². The molecule has 88 valence electrons. The molecule has 16 heavy (non-hydrogen) atoms. The highest BCUT2D eigenvalue weighted by molar-refractivity contribution is 5.75. The second kappa shape index (κ2) is 5.14. The molecule has 0 amide bonds. The minimum atomic E-state index is 0.104. The summed E-state index contributed by atoms with van der Waals surface area (Å²) in [5.41, 5.74) is 0. The molecule has 1 aromatic heterocycles. The molecule has 1 heterocycles. The molecule has 4 heteroatoms. The van der Waals surface area contributed by atoms with Gasteiger partial charge in [-0.25, -0.2) is 0 Å². The molecule has 0 N–H and O–H groups in total. The molecule has 0 aliphatic heterocycles. The van der Waals surface area contributed by atoms with Crippen molar-refractivity contribution >= 4 is 5.78 Å². The second-order valence-corrected chi connectivity index (χ2v) is 4.45. The number of carbonyl (C=O) groups is 1. The van der Waals surface area contributed by atoms with E-state index in [1.165, 1.54) is 19.3 Å². The van der Waals surface area contributed by atoms with Crippen LogP contribution in [0.2, 0.25) is 0 Å². The van der Waals surface area contributed by atoms with Gasteiger partial charge in [0, 0.05) is 0 Å². The van der Waals surface area contributed by atoms with E-state index in [-0.39, 0.29) is 5.78 Å². The monoisotopic (exact) mass is 222 g/mol. The molecule has 0 aromatic carbocycles. The number of nitrogens with zero attached hydrogens (tertiary/aromatic N) is 2. The summed E-state index contributed by atoms with van der Waals surface area (Å²) in [5, 5.41) is 4.09. The molecule has 1 aliphatic rings. The van der Waals surface area contributed by atoms with Gasteiger partial charge < -0.3 is 4.74 Å².